The van der Waals surface area contributed by atoms with E-state index in [0.29, 0.717) is 0 Å². The molecule has 0 saturated carbocycles. The lowest BCUT2D eigenvalue weighted by atomic mass is 10.1. The Morgan fingerprint density at radius 1 is 1.27 bits per heavy atom. The summed E-state index contributed by atoms with van der Waals surface area (Å²) in [5, 5.41) is 8.98. The molecule has 1 N–H and O–H groups in total. The number of nitrogens with one attached hydrogen (secondary N) is 1. The molecule has 0 aliphatic carbocycles. The first kappa shape index (κ1) is 13.3. The summed E-state index contributed by atoms with van der Waals surface area (Å²) in [5.74, 6) is 1.05. The van der Waals surface area contributed by atoms with Crippen molar-refractivity contribution in [2.75, 3.05) is 11.9 Å². The maximum atomic E-state index is 6.27. The van der Waals surface area contributed by atoms with E-state index < -0.39 is 0 Å². The van der Waals surface area contributed by atoms with Gasteiger partial charge in [-0.2, -0.15) is 5.10 Å². The van der Waals surface area contributed by atoms with Gasteiger partial charge in [-0.25, -0.2) is 4.68 Å². The van der Waals surface area contributed by atoms with Crippen LogP contribution in [0.25, 0.3) is 16.9 Å². The molecule has 0 radical (unpaired) electrons. The molecule has 0 saturated heterocycles. The van der Waals surface area contributed by atoms with E-state index in [2.05, 4.69) is 10.3 Å². The molecular formula is C17H15ClN4. The molecule has 4 nitrogen and oxygen atoms in total. The molecular weight excluding hydrogens is 296 g/mol. The van der Waals surface area contributed by atoms with Crippen LogP contribution in [0.15, 0.2) is 42.7 Å². The van der Waals surface area contributed by atoms with Gasteiger partial charge in [0, 0.05) is 35.1 Å². The van der Waals surface area contributed by atoms with Crippen LogP contribution in [0.1, 0.15) is 11.1 Å². The average molecular weight is 311 g/mol. The SMILES string of the molecule is Cc1ccc(-n2nc(-c3cccnc3)c3c2NCC3)cc1Cl. The van der Waals surface area contributed by atoms with Crippen LogP contribution >= 0.6 is 11.6 Å². The third-order valence-electron chi connectivity index (χ3n) is 3.99. The number of hydrogen-bond acceptors (Lipinski definition) is 3. The first-order valence-corrected chi connectivity index (χ1v) is 7.64. The van der Waals surface area contributed by atoms with E-state index in [1.54, 1.807) is 6.20 Å². The van der Waals surface area contributed by atoms with Crippen molar-refractivity contribution in [3.63, 3.8) is 0 Å². The highest BCUT2D eigenvalue weighted by Crippen LogP contribution is 2.34. The summed E-state index contributed by atoms with van der Waals surface area (Å²) in [6.07, 6.45) is 4.60. The van der Waals surface area contributed by atoms with Crippen LogP contribution in [0.2, 0.25) is 5.02 Å². The molecule has 22 heavy (non-hydrogen) atoms. The maximum absolute atomic E-state index is 6.27. The van der Waals surface area contributed by atoms with E-state index in [0.717, 1.165) is 46.3 Å². The van der Waals surface area contributed by atoms with E-state index in [9.17, 15) is 0 Å². The molecule has 0 atom stereocenters. The van der Waals surface area contributed by atoms with Crippen molar-refractivity contribution < 1.29 is 0 Å². The fourth-order valence-corrected chi connectivity index (χ4v) is 2.98. The zero-order chi connectivity index (χ0) is 15.1. The van der Waals surface area contributed by atoms with Gasteiger partial charge in [-0.3, -0.25) is 4.98 Å². The highest BCUT2D eigenvalue weighted by Gasteiger charge is 2.24. The first-order chi connectivity index (χ1) is 10.7. The molecule has 1 aromatic carbocycles. The molecule has 110 valence electrons. The van der Waals surface area contributed by atoms with E-state index in [1.807, 2.05) is 48.1 Å². The molecule has 2 aromatic heterocycles. The maximum Gasteiger partial charge on any atom is 0.133 e. The van der Waals surface area contributed by atoms with Gasteiger partial charge >= 0.3 is 0 Å². The number of nitrogens with zero attached hydrogens (tertiary/aromatic N) is 3. The monoisotopic (exact) mass is 310 g/mol. The molecule has 0 spiro atoms. The van der Waals surface area contributed by atoms with E-state index in [4.69, 9.17) is 16.7 Å². The van der Waals surface area contributed by atoms with Gasteiger partial charge in [0.15, 0.2) is 0 Å². The third kappa shape index (κ3) is 2.07. The van der Waals surface area contributed by atoms with Gasteiger partial charge in [0.2, 0.25) is 0 Å². The molecule has 4 rings (SSSR count). The number of fused-ring (bicyclic) bond motifs is 1. The minimum Gasteiger partial charge on any atom is -0.369 e. The summed E-state index contributed by atoms with van der Waals surface area (Å²) in [6.45, 7) is 2.93. The smallest absolute Gasteiger partial charge is 0.133 e. The van der Waals surface area contributed by atoms with Crippen LogP contribution in [0.5, 0.6) is 0 Å². The molecule has 0 bridgehead atoms. The van der Waals surface area contributed by atoms with Gasteiger partial charge in [-0.05, 0) is 43.2 Å². The van der Waals surface area contributed by atoms with Gasteiger partial charge in [0.1, 0.15) is 5.82 Å². The van der Waals surface area contributed by atoms with Gasteiger partial charge < -0.3 is 5.32 Å². The summed E-state index contributed by atoms with van der Waals surface area (Å²) in [7, 11) is 0. The van der Waals surface area contributed by atoms with Crippen molar-refractivity contribution in [2.24, 2.45) is 0 Å². The second-order valence-corrected chi connectivity index (χ2v) is 5.85. The van der Waals surface area contributed by atoms with Crippen LogP contribution in [0.3, 0.4) is 0 Å². The fourth-order valence-electron chi connectivity index (χ4n) is 2.81. The van der Waals surface area contributed by atoms with Crippen molar-refractivity contribution in [1.82, 2.24) is 14.8 Å². The van der Waals surface area contributed by atoms with E-state index >= 15 is 0 Å². The molecule has 1 aliphatic rings. The standard InChI is InChI=1S/C17H15ClN4/c1-11-4-5-13(9-15(11)18)22-17-14(6-8-20-17)16(21-22)12-3-2-7-19-10-12/h2-5,7,9-10,20H,6,8H2,1H3. The van der Waals surface area contributed by atoms with Crippen molar-refractivity contribution in [3.8, 4) is 16.9 Å². The molecule has 1 aliphatic heterocycles. The van der Waals surface area contributed by atoms with Crippen molar-refractivity contribution in [2.45, 2.75) is 13.3 Å². The quantitative estimate of drug-likeness (QED) is 0.781. The average Bonchev–Trinajstić information content (AvgIpc) is 3.13. The second kappa shape index (κ2) is 5.14. The number of aryl methyl sites for hydroxylation is 1. The summed E-state index contributed by atoms with van der Waals surface area (Å²) in [4.78, 5) is 4.20. The van der Waals surface area contributed by atoms with Gasteiger partial charge in [0.25, 0.3) is 0 Å². The highest BCUT2D eigenvalue weighted by atomic mass is 35.5. The summed E-state index contributed by atoms with van der Waals surface area (Å²) in [5.41, 5.74) is 5.31. The number of rotatable bonds is 2. The number of pyridine rings is 1. The normalized spacial score (nSPS) is 13.0. The van der Waals surface area contributed by atoms with Crippen molar-refractivity contribution in [3.05, 3.63) is 58.9 Å². The molecule has 3 aromatic rings. The Morgan fingerprint density at radius 2 is 2.18 bits per heavy atom. The number of anilines is 1. The topological polar surface area (TPSA) is 42.7 Å². The lowest BCUT2D eigenvalue weighted by Gasteiger charge is -2.08. The van der Waals surface area contributed by atoms with Crippen molar-refractivity contribution in [1.29, 1.82) is 0 Å². The second-order valence-electron chi connectivity index (χ2n) is 5.44. The van der Waals surface area contributed by atoms with Gasteiger partial charge in [-0.15, -0.1) is 0 Å². The lowest BCUT2D eigenvalue weighted by molar-refractivity contribution is 0.881. The Bertz CT molecular complexity index is 839. The number of benzene rings is 1. The van der Waals surface area contributed by atoms with Crippen LogP contribution in [0, 0.1) is 6.92 Å². The zero-order valence-electron chi connectivity index (χ0n) is 12.2. The Balaban J connectivity index is 1.89. The Labute approximate surface area is 133 Å². The van der Waals surface area contributed by atoms with Crippen molar-refractivity contribution >= 4 is 17.4 Å². The molecule has 0 fully saturated rings. The van der Waals surface area contributed by atoms with Crippen LogP contribution < -0.4 is 5.32 Å². The van der Waals surface area contributed by atoms with Gasteiger partial charge in [-0.1, -0.05) is 17.7 Å². The van der Waals surface area contributed by atoms with Gasteiger partial charge in [0.05, 0.1) is 11.4 Å². The predicted molar refractivity (Wildman–Crippen MR) is 88.7 cm³/mol. The van der Waals surface area contributed by atoms with Crippen LogP contribution in [-0.2, 0) is 6.42 Å². The Morgan fingerprint density at radius 3 is 2.95 bits per heavy atom. The summed E-state index contributed by atoms with van der Waals surface area (Å²) >= 11 is 6.27. The molecule has 3 heterocycles. The lowest BCUT2D eigenvalue weighted by Crippen LogP contribution is -2.04. The Hall–Kier alpha value is -2.33. The number of aromatic nitrogens is 3. The Kier molecular flexibility index (Phi) is 3.12. The predicted octanol–water partition coefficient (Wildman–Crippen LogP) is 3.86. The minimum atomic E-state index is 0.752. The molecule has 0 amide bonds. The van der Waals surface area contributed by atoms with E-state index in [-0.39, 0.29) is 0 Å². The van der Waals surface area contributed by atoms with E-state index in [1.165, 1.54) is 5.56 Å². The van der Waals surface area contributed by atoms with Crippen LogP contribution in [0.4, 0.5) is 5.82 Å². The number of halogens is 1. The number of hydrogen-bond donors (Lipinski definition) is 1. The third-order valence-corrected chi connectivity index (χ3v) is 4.39. The van der Waals surface area contributed by atoms with Crippen LogP contribution in [-0.4, -0.2) is 21.3 Å². The minimum absolute atomic E-state index is 0.752. The molecule has 5 heteroatoms. The fraction of sp³-hybridized carbons (Fsp3) is 0.176. The highest BCUT2D eigenvalue weighted by molar-refractivity contribution is 6.31. The molecule has 0 unspecified atom stereocenters. The largest absolute Gasteiger partial charge is 0.369 e. The summed E-state index contributed by atoms with van der Waals surface area (Å²) in [6, 6.07) is 10.00. The summed E-state index contributed by atoms with van der Waals surface area (Å²) < 4.78 is 1.94. The zero-order valence-corrected chi connectivity index (χ0v) is 12.9. The first-order valence-electron chi connectivity index (χ1n) is 7.27.